The molecule has 5 unspecified atom stereocenters. The Labute approximate surface area is 431 Å². The number of allylic oxidation sites excluding steroid dienone is 1. The number of hydrogen-bond donors (Lipinski definition) is 0. The largest absolute Gasteiger partial charge is 0.466 e. The lowest BCUT2D eigenvalue weighted by Crippen LogP contribution is -2.71. The highest BCUT2D eigenvalue weighted by Crippen LogP contribution is 2.68. The topological polar surface area (TPSA) is 134 Å². The van der Waals surface area contributed by atoms with E-state index >= 15 is 37.5 Å². The molecule has 1 aliphatic carbocycles. The molecule has 6 aliphatic rings. The molecule has 2 amide bonds. The number of benzene rings is 6. The second-order valence-corrected chi connectivity index (χ2v) is 19.8. The molecule has 14 heteroatoms. The van der Waals surface area contributed by atoms with Gasteiger partial charge in [0.2, 0.25) is 11.8 Å². The van der Waals surface area contributed by atoms with Gasteiger partial charge in [-0.3, -0.25) is 19.2 Å². The van der Waals surface area contributed by atoms with Crippen molar-refractivity contribution in [2.24, 2.45) is 11.8 Å². The minimum atomic E-state index is -2.53. The number of halogens is 2. The van der Waals surface area contributed by atoms with E-state index < -0.39 is 86.9 Å². The maximum atomic E-state index is 17.0. The maximum Gasteiger partial charge on any atom is 0.355 e. The molecule has 376 valence electrons. The molecule has 5 aliphatic heterocycles. The second kappa shape index (κ2) is 18.0. The molecule has 6 aromatic rings. The van der Waals surface area contributed by atoms with Crippen LogP contribution in [0.4, 0.5) is 20.2 Å². The van der Waals surface area contributed by atoms with E-state index in [0.29, 0.717) is 16.8 Å². The average Bonchev–Trinajstić information content (AvgIpc) is 4.02. The van der Waals surface area contributed by atoms with Crippen LogP contribution in [-0.2, 0) is 52.6 Å². The molecule has 0 saturated carbocycles. The lowest BCUT2D eigenvalue weighted by molar-refractivity contribution is -0.143. The van der Waals surface area contributed by atoms with Gasteiger partial charge in [-0.05, 0) is 73.0 Å². The molecular weight excluding hydrogens is 955 g/mol. The average molecular weight is 1010 g/mol. The summed E-state index contributed by atoms with van der Waals surface area (Å²) in [6.45, 7) is 3.54. The zero-order chi connectivity index (χ0) is 52.8. The van der Waals surface area contributed by atoms with Gasteiger partial charge >= 0.3 is 11.9 Å². The van der Waals surface area contributed by atoms with Crippen molar-refractivity contribution in [2.75, 3.05) is 38.1 Å². The number of nitrogens with zero attached hydrogens (tertiary/aromatic N) is 4. The quantitative estimate of drug-likeness (QED) is 0.0916. The summed E-state index contributed by atoms with van der Waals surface area (Å²) in [6, 6.07) is 37.5. The van der Waals surface area contributed by atoms with E-state index in [1.165, 1.54) is 57.2 Å². The standard InChI is InChI=1S/C61H50F2N4O8/c1-34-17-21-38(22-18-34)53(68)50-48-46(64(3)4)31-47(60(50)42-29-40(62)25-27-44(42)65(58(60)72)32-36-13-9-7-10-14-36)67-52(57(71)75-6)49(56(70)74-5)51(54(69)39-23-19-35(2)20-24-39)61(55(48)67)43-30-41(63)26-28-45(43)66(59(61)73)33-37-15-11-8-12-16-37/h7-31,47,50-51H,32-33H2,1-6H3. The van der Waals surface area contributed by atoms with E-state index in [2.05, 4.69) is 0 Å². The molecule has 0 radical (unpaired) electrons. The number of amides is 2. The Balaban J connectivity index is 1.36. The van der Waals surface area contributed by atoms with Crippen LogP contribution in [0.5, 0.6) is 0 Å². The summed E-state index contributed by atoms with van der Waals surface area (Å²) < 4.78 is 44.3. The molecule has 2 bridgehead atoms. The van der Waals surface area contributed by atoms with Gasteiger partial charge in [-0.2, -0.15) is 0 Å². The van der Waals surface area contributed by atoms with Crippen molar-refractivity contribution in [1.29, 1.82) is 0 Å². The van der Waals surface area contributed by atoms with Gasteiger partial charge in [0.15, 0.2) is 11.6 Å². The summed E-state index contributed by atoms with van der Waals surface area (Å²) in [6.07, 6.45) is 1.68. The fraction of sp³-hybridized carbons (Fsp3) is 0.213. The van der Waals surface area contributed by atoms with Gasteiger partial charge in [0.05, 0.1) is 50.8 Å². The van der Waals surface area contributed by atoms with Crippen LogP contribution < -0.4 is 9.80 Å². The molecular formula is C61H50F2N4O8. The van der Waals surface area contributed by atoms with Gasteiger partial charge in [0.1, 0.15) is 28.2 Å². The van der Waals surface area contributed by atoms with Gasteiger partial charge < -0.3 is 29.1 Å². The first-order valence-corrected chi connectivity index (χ1v) is 24.5. The summed E-state index contributed by atoms with van der Waals surface area (Å²) in [4.78, 5) is 103. The van der Waals surface area contributed by atoms with Gasteiger partial charge in [-0.15, -0.1) is 0 Å². The number of ketones is 2. The minimum Gasteiger partial charge on any atom is -0.466 e. The molecule has 6 aromatic carbocycles. The summed E-state index contributed by atoms with van der Waals surface area (Å²) in [5.41, 5.74) is -2.05. The molecule has 5 atom stereocenters. The van der Waals surface area contributed by atoms with Gasteiger partial charge in [0, 0.05) is 59.1 Å². The van der Waals surface area contributed by atoms with Crippen molar-refractivity contribution in [3.8, 4) is 0 Å². The van der Waals surface area contributed by atoms with Crippen molar-refractivity contribution in [3.63, 3.8) is 0 Å². The number of anilines is 2. The minimum absolute atomic E-state index is 0.00958. The number of esters is 2. The van der Waals surface area contributed by atoms with Crippen LogP contribution in [-0.4, -0.2) is 79.5 Å². The summed E-state index contributed by atoms with van der Waals surface area (Å²) in [5, 5.41) is 0. The normalized spacial score (nSPS) is 22.1. The maximum absolute atomic E-state index is 17.0. The zero-order valence-corrected chi connectivity index (χ0v) is 41.9. The Kier molecular flexibility index (Phi) is 11.6. The molecule has 0 fully saturated rings. The van der Waals surface area contributed by atoms with E-state index in [1.807, 2.05) is 50.2 Å². The van der Waals surface area contributed by atoms with Crippen LogP contribution in [0.15, 0.2) is 180 Å². The SMILES string of the molecule is COC(=O)C1=C(C(=O)OC)N2C(=C3C(N(C)C)=CC2C2(C(=O)N(Cc4ccccc4)c4ccc(F)cc42)C3C(=O)c2ccc(C)cc2)C2(C(=O)N(Cc3ccccc3)c3ccc(F)cc32)C1C(=O)c1ccc(C)cc1. The van der Waals surface area contributed by atoms with Crippen LogP contribution in [0.25, 0.3) is 0 Å². The molecule has 0 saturated heterocycles. The van der Waals surface area contributed by atoms with Crippen molar-refractivity contribution in [3.05, 3.63) is 236 Å². The molecule has 75 heavy (non-hydrogen) atoms. The number of Topliss-reactive ketones (excluding diaryl/α,β-unsaturated/α-hetero) is 2. The zero-order valence-electron chi connectivity index (χ0n) is 41.9. The summed E-state index contributed by atoms with van der Waals surface area (Å²) in [7, 11) is 5.57. The van der Waals surface area contributed by atoms with E-state index in [1.54, 1.807) is 85.7 Å². The van der Waals surface area contributed by atoms with E-state index in [9.17, 15) is 0 Å². The van der Waals surface area contributed by atoms with Crippen molar-refractivity contribution < 1.29 is 47.0 Å². The van der Waals surface area contributed by atoms with Crippen molar-refractivity contribution >= 4 is 46.7 Å². The predicted molar refractivity (Wildman–Crippen MR) is 275 cm³/mol. The highest BCUT2D eigenvalue weighted by Gasteiger charge is 2.76. The third-order valence-electron chi connectivity index (χ3n) is 15.5. The second-order valence-electron chi connectivity index (χ2n) is 19.8. The number of fused-ring (bicyclic) bond motifs is 3. The van der Waals surface area contributed by atoms with Crippen LogP contribution in [0.2, 0.25) is 0 Å². The third-order valence-corrected chi connectivity index (χ3v) is 15.5. The first kappa shape index (κ1) is 48.5. The Morgan fingerprint density at radius 1 is 0.600 bits per heavy atom. The smallest absolute Gasteiger partial charge is 0.355 e. The number of hydrogen-bond acceptors (Lipinski definition) is 10. The number of ether oxygens (including phenoxy) is 2. The fourth-order valence-corrected chi connectivity index (χ4v) is 12.4. The van der Waals surface area contributed by atoms with Gasteiger partial charge in [0.25, 0.3) is 0 Å². The number of rotatable bonds is 11. The fourth-order valence-electron chi connectivity index (χ4n) is 12.4. The highest BCUT2D eigenvalue weighted by atomic mass is 19.1. The Bertz CT molecular complexity index is 3540. The van der Waals surface area contributed by atoms with Gasteiger partial charge in [-0.25, -0.2) is 18.4 Å². The van der Waals surface area contributed by atoms with E-state index in [0.717, 1.165) is 31.4 Å². The van der Waals surface area contributed by atoms with Crippen molar-refractivity contribution in [1.82, 2.24) is 9.80 Å². The molecule has 0 aromatic heterocycles. The lowest BCUT2D eigenvalue weighted by atomic mass is 9.50. The number of carbonyl (C=O) groups is 6. The van der Waals surface area contributed by atoms with Crippen LogP contribution >= 0.6 is 0 Å². The summed E-state index contributed by atoms with van der Waals surface area (Å²) in [5.74, 6) is -10.5. The van der Waals surface area contributed by atoms with Gasteiger partial charge in [-0.1, -0.05) is 120 Å². The third kappa shape index (κ3) is 6.98. The Hall–Kier alpha value is -8.78. The van der Waals surface area contributed by atoms with Crippen molar-refractivity contribution in [2.45, 2.75) is 43.8 Å². The molecule has 5 heterocycles. The summed E-state index contributed by atoms with van der Waals surface area (Å²) >= 11 is 0. The monoisotopic (exact) mass is 1000 g/mol. The number of likely N-dealkylation sites (N-methyl/N-ethyl adjacent to an activating group) is 1. The predicted octanol–water partition coefficient (Wildman–Crippen LogP) is 8.86. The number of carbonyl (C=O) groups excluding carboxylic acids is 6. The number of aryl methyl sites for hydroxylation is 2. The molecule has 12 rings (SSSR count). The first-order valence-electron chi connectivity index (χ1n) is 24.5. The van der Waals surface area contributed by atoms with Crippen LogP contribution in [0.1, 0.15) is 54.1 Å². The molecule has 12 nitrogen and oxygen atoms in total. The molecule has 0 N–H and O–H groups in total. The van der Waals surface area contributed by atoms with E-state index in [4.69, 9.17) is 9.47 Å². The number of methoxy groups -OCH3 is 2. The van der Waals surface area contributed by atoms with E-state index in [-0.39, 0.29) is 58.0 Å². The lowest BCUT2D eigenvalue weighted by Gasteiger charge is -2.61. The first-order chi connectivity index (χ1) is 36.1. The van der Waals surface area contributed by atoms with Crippen LogP contribution in [0.3, 0.4) is 0 Å². The van der Waals surface area contributed by atoms with Crippen LogP contribution in [0, 0.1) is 37.3 Å². The highest BCUT2D eigenvalue weighted by molar-refractivity contribution is 6.22. The Morgan fingerprint density at radius 3 is 1.59 bits per heavy atom. The Morgan fingerprint density at radius 2 is 1.08 bits per heavy atom. The molecule has 2 spiro atoms.